The lowest BCUT2D eigenvalue weighted by molar-refractivity contribution is 0.0954. The Balaban J connectivity index is 3.14. The van der Waals surface area contributed by atoms with Gasteiger partial charge in [-0.3, -0.25) is 0 Å². The van der Waals surface area contributed by atoms with Crippen molar-refractivity contribution in [2.24, 2.45) is 0 Å². The standard InChI is InChI=1S/C18H28O2Si2/c1-19-17(13-15-21(3,4)5)9-11-18(20-2,12-10-17)14-16-22(6,7)8/h9-12H,1-8H3. The summed E-state index contributed by atoms with van der Waals surface area (Å²) < 4.78 is 11.3. The first-order valence-corrected chi connectivity index (χ1v) is 14.5. The van der Waals surface area contributed by atoms with Gasteiger partial charge in [0.15, 0.2) is 11.2 Å². The topological polar surface area (TPSA) is 18.5 Å². The van der Waals surface area contributed by atoms with Crippen molar-refractivity contribution in [1.82, 2.24) is 0 Å². The van der Waals surface area contributed by atoms with Gasteiger partial charge in [-0.1, -0.05) is 51.1 Å². The summed E-state index contributed by atoms with van der Waals surface area (Å²) in [6, 6.07) is 0. The van der Waals surface area contributed by atoms with Crippen LogP contribution in [0.4, 0.5) is 0 Å². The second-order valence-electron chi connectivity index (χ2n) is 7.66. The Labute approximate surface area is 138 Å². The fourth-order valence-electron chi connectivity index (χ4n) is 1.72. The van der Waals surface area contributed by atoms with Crippen LogP contribution in [-0.4, -0.2) is 41.6 Å². The van der Waals surface area contributed by atoms with Crippen molar-refractivity contribution < 1.29 is 9.47 Å². The second-order valence-corrected chi connectivity index (χ2v) is 17.2. The van der Waals surface area contributed by atoms with Crippen LogP contribution < -0.4 is 0 Å². The molecule has 0 bridgehead atoms. The lowest BCUT2D eigenvalue weighted by Crippen LogP contribution is -2.35. The molecular formula is C18H28O2Si2. The zero-order valence-electron chi connectivity index (χ0n) is 15.1. The average molecular weight is 333 g/mol. The second kappa shape index (κ2) is 6.60. The molecule has 0 heterocycles. The minimum absolute atomic E-state index is 0.664. The van der Waals surface area contributed by atoms with Crippen molar-refractivity contribution in [2.45, 2.75) is 50.5 Å². The minimum atomic E-state index is -1.45. The van der Waals surface area contributed by atoms with Gasteiger partial charge in [-0.15, -0.1) is 11.1 Å². The highest BCUT2D eigenvalue weighted by molar-refractivity contribution is 6.84. The van der Waals surface area contributed by atoms with Gasteiger partial charge in [0, 0.05) is 14.2 Å². The molecule has 0 radical (unpaired) electrons. The van der Waals surface area contributed by atoms with Crippen LogP contribution >= 0.6 is 0 Å². The Bertz CT molecular complexity index is 515. The van der Waals surface area contributed by atoms with Crippen LogP contribution in [0.2, 0.25) is 39.3 Å². The van der Waals surface area contributed by atoms with Gasteiger partial charge in [0.25, 0.3) is 0 Å². The Morgan fingerprint density at radius 1 is 0.636 bits per heavy atom. The van der Waals surface area contributed by atoms with E-state index in [0.717, 1.165) is 0 Å². The van der Waals surface area contributed by atoms with E-state index in [1.807, 2.05) is 24.3 Å². The van der Waals surface area contributed by atoms with Gasteiger partial charge in [0.05, 0.1) is 0 Å². The Morgan fingerprint density at radius 3 is 1.09 bits per heavy atom. The predicted molar refractivity (Wildman–Crippen MR) is 100 cm³/mol. The first kappa shape index (κ1) is 19.0. The lowest BCUT2D eigenvalue weighted by Gasteiger charge is -2.29. The summed E-state index contributed by atoms with van der Waals surface area (Å²) in [5.74, 6) is 6.56. The van der Waals surface area contributed by atoms with Gasteiger partial charge in [0.1, 0.15) is 16.1 Å². The highest BCUT2D eigenvalue weighted by Crippen LogP contribution is 2.26. The van der Waals surface area contributed by atoms with Gasteiger partial charge >= 0.3 is 0 Å². The van der Waals surface area contributed by atoms with Gasteiger partial charge in [-0.05, 0) is 24.3 Å². The van der Waals surface area contributed by atoms with Crippen molar-refractivity contribution in [3.05, 3.63) is 24.3 Å². The van der Waals surface area contributed by atoms with Crippen LogP contribution in [0.1, 0.15) is 0 Å². The highest BCUT2D eigenvalue weighted by Gasteiger charge is 2.32. The SMILES string of the molecule is COC1(C#C[Si](C)(C)C)C=CC(C#C[Si](C)(C)C)(OC)C=C1. The number of hydrogen-bond acceptors (Lipinski definition) is 2. The Morgan fingerprint density at radius 2 is 0.909 bits per heavy atom. The van der Waals surface area contributed by atoms with Crippen molar-refractivity contribution in [3.63, 3.8) is 0 Å². The van der Waals surface area contributed by atoms with E-state index in [1.165, 1.54) is 0 Å². The molecule has 0 unspecified atom stereocenters. The van der Waals surface area contributed by atoms with Crippen molar-refractivity contribution >= 4 is 16.1 Å². The molecule has 4 heteroatoms. The number of ether oxygens (including phenoxy) is 2. The summed E-state index contributed by atoms with van der Waals surface area (Å²) in [7, 11) is 0.461. The van der Waals surface area contributed by atoms with Gasteiger partial charge in [-0.25, -0.2) is 0 Å². The third-order valence-electron chi connectivity index (χ3n) is 3.10. The third-order valence-corrected chi connectivity index (χ3v) is 4.85. The van der Waals surface area contributed by atoms with E-state index in [2.05, 4.69) is 62.2 Å². The molecule has 2 nitrogen and oxygen atoms in total. The quantitative estimate of drug-likeness (QED) is 0.437. The minimum Gasteiger partial charge on any atom is -0.358 e. The maximum atomic E-state index is 5.64. The molecule has 0 amide bonds. The zero-order chi connectivity index (χ0) is 17.1. The van der Waals surface area contributed by atoms with E-state index < -0.39 is 27.3 Å². The van der Waals surface area contributed by atoms with E-state index in [4.69, 9.17) is 9.47 Å². The maximum Gasteiger partial charge on any atom is 0.165 e. The van der Waals surface area contributed by atoms with E-state index >= 15 is 0 Å². The number of methoxy groups -OCH3 is 2. The normalized spacial score (nSPS) is 27.6. The molecule has 1 aliphatic rings. The predicted octanol–water partition coefficient (Wildman–Crippen LogP) is 3.64. The first-order chi connectivity index (χ1) is 9.95. The smallest absolute Gasteiger partial charge is 0.165 e. The molecule has 0 aromatic heterocycles. The molecule has 120 valence electrons. The number of rotatable bonds is 2. The summed E-state index contributed by atoms with van der Waals surface area (Å²) in [6.45, 7) is 13.3. The lowest BCUT2D eigenvalue weighted by atomic mass is 9.90. The van der Waals surface area contributed by atoms with E-state index in [9.17, 15) is 0 Å². The molecule has 1 aliphatic carbocycles. The average Bonchev–Trinajstić information content (AvgIpc) is 2.43. The summed E-state index contributed by atoms with van der Waals surface area (Å²) >= 11 is 0. The first-order valence-electron chi connectivity index (χ1n) is 7.55. The van der Waals surface area contributed by atoms with E-state index in [-0.39, 0.29) is 0 Å². The molecule has 0 saturated heterocycles. The van der Waals surface area contributed by atoms with Crippen LogP contribution in [0.25, 0.3) is 0 Å². The summed E-state index contributed by atoms with van der Waals surface area (Å²) in [5.41, 5.74) is 5.43. The molecule has 0 atom stereocenters. The molecule has 0 saturated carbocycles. The molecule has 0 spiro atoms. The fourth-order valence-corrected chi connectivity index (χ4v) is 2.86. The van der Waals surface area contributed by atoms with Crippen molar-refractivity contribution in [3.8, 4) is 22.9 Å². The molecule has 0 aromatic carbocycles. The Hall–Kier alpha value is -1.05. The Kier molecular flexibility index (Phi) is 5.70. The van der Waals surface area contributed by atoms with Gasteiger partial charge in [-0.2, -0.15) is 0 Å². The van der Waals surface area contributed by atoms with Gasteiger partial charge in [0.2, 0.25) is 0 Å². The van der Waals surface area contributed by atoms with E-state index in [0.29, 0.717) is 0 Å². The van der Waals surface area contributed by atoms with Crippen molar-refractivity contribution in [1.29, 1.82) is 0 Å². The van der Waals surface area contributed by atoms with Crippen LogP contribution in [0.3, 0.4) is 0 Å². The van der Waals surface area contributed by atoms with Crippen LogP contribution in [0.15, 0.2) is 24.3 Å². The van der Waals surface area contributed by atoms with Gasteiger partial charge < -0.3 is 9.47 Å². The number of hydrogen-bond donors (Lipinski definition) is 0. The van der Waals surface area contributed by atoms with Crippen LogP contribution in [-0.2, 0) is 9.47 Å². The van der Waals surface area contributed by atoms with Crippen molar-refractivity contribution in [2.75, 3.05) is 14.2 Å². The van der Waals surface area contributed by atoms with E-state index in [1.54, 1.807) is 14.2 Å². The zero-order valence-corrected chi connectivity index (χ0v) is 17.1. The third kappa shape index (κ3) is 5.63. The highest BCUT2D eigenvalue weighted by atomic mass is 28.3. The molecule has 22 heavy (non-hydrogen) atoms. The molecular weight excluding hydrogens is 304 g/mol. The molecule has 0 aromatic rings. The maximum absolute atomic E-state index is 5.64. The summed E-state index contributed by atoms with van der Waals surface area (Å²) in [6.07, 6.45) is 7.84. The largest absolute Gasteiger partial charge is 0.358 e. The monoisotopic (exact) mass is 332 g/mol. The van der Waals surface area contributed by atoms with Crippen LogP contribution in [0.5, 0.6) is 0 Å². The summed E-state index contributed by atoms with van der Waals surface area (Å²) in [5, 5.41) is 0. The summed E-state index contributed by atoms with van der Waals surface area (Å²) in [4.78, 5) is 0. The molecule has 0 fully saturated rings. The fraction of sp³-hybridized carbons (Fsp3) is 0.556. The van der Waals surface area contributed by atoms with Crippen LogP contribution in [0, 0.1) is 22.9 Å². The molecule has 0 aliphatic heterocycles. The molecule has 1 rings (SSSR count). The molecule has 0 N–H and O–H groups in total.